The zero-order valence-electron chi connectivity index (χ0n) is 17.5. The average molecular weight is 432 g/mol. The summed E-state index contributed by atoms with van der Waals surface area (Å²) in [4.78, 5) is 17.0. The van der Waals surface area contributed by atoms with Gasteiger partial charge in [0.15, 0.2) is 0 Å². The second-order valence-electron chi connectivity index (χ2n) is 7.25. The smallest absolute Gasteiger partial charge is 0.243 e. The van der Waals surface area contributed by atoms with Gasteiger partial charge in [-0.05, 0) is 29.8 Å². The van der Waals surface area contributed by atoms with Crippen molar-refractivity contribution in [3.05, 3.63) is 60.2 Å². The fraction of sp³-hybridized carbons (Fsp3) is 0.409. The predicted octanol–water partition coefficient (Wildman–Crippen LogP) is 2.05. The molecule has 0 radical (unpaired) electrons. The molecule has 7 nitrogen and oxygen atoms in total. The monoisotopic (exact) mass is 431 g/mol. The quantitative estimate of drug-likeness (QED) is 0.640. The van der Waals surface area contributed by atoms with Gasteiger partial charge < -0.3 is 9.64 Å². The van der Waals surface area contributed by atoms with E-state index in [2.05, 4.69) is 17.0 Å². The summed E-state index contributed by atoms with van der Waals surface area (Å²) in [7, 11) is -2.21. The Bertz CT molecular complexity index is 925. The van der Waals surface area contributed by atoms with E-state index in [1.165, 1.54) is 29.1 Å². The molecule has 1 fully saturated rings. The van der Waals surface area contributed by atoms with Crippen molar-refractivity contribution in [2.75, 3.05) is 46.4 Å². The van der Waals surface area contributed by atoms with Crippen molar-refractivity contribution in [2.24, 2.45) is 0 Å². The number of piperazine rings is 1. The van der Waals surface area contributed by atoms with E-state index in [-0.39, 0.29) is 23.9 Å². The molecule has 8 heteroatoms. The van der Waals surface area contributed by atoms with Crippen LogP contribution in [0.1, 0.15) is 12.5 Å². The number of amides is 1. The van der Waals surface area contributed by atoms with Crippen LogP contribution >= 0.6 is 0 Å². The van der Waals surface area contributed by atoms with Crippen LogP contribution in [0, 0.1) is 0 Å². The second kappa shape index (κ2) is 10.1. The number of hydrogen-bond acceptors (Lipinski definition) is 5. The lowest BCUT2D eigenvalue weighted by Crippen LogP contribution is -2.51. The maximum Gasteiger partial charge on any atom is 0.243 e. The molecule has 1 aliphatic rings. The number of rotatable bonds is 8. The Balaban J connectivity index is 1.57. The van der Waals surface area contributed by atoms with E-state index in [1.807, 2.05) is 18.2 Å². The van der Waals surface area contributed by atoms with Crippen LogP contribution in [0.25, 0.3) is 0 Å². The molecule has 1 amide bonds. The fourth-order valence-electron chi connectivity index (χ4n) is 3.51. The highest BCUT2D eigenvalue weighted by molar-refractivity contribution is 7.89. The number of ether oxygens (including phenoxy) is 1. The first-order valence-electron chi connectivity index (χ1n) is 10.1. The fourth-order valence-corrected chi connectivity index (χ4v) is 4.91. The average Bonchev–Trinajstić information content (AvgIpc) is 2.78. The molecule has 0 atom stereocenters. The highest BCUT2D eigenvalue weighted by Crippen LogP contribution is 2.19. The minimum absolute atomic E-state index is 0.149. The van der Waals surface area contributed by atoms with Crippen molar-refractivity contribution in [2.45, 2.75) is 18.4 Å². The van der Waals surface area contributed by atoms with Crippen LogP contribution in [-0.2, 0) is 21.4 Å². The molecule has 1 saturated heterocycles. The van der Waals surface area contributed by atoms with E-state index in [0.29, 0.717) is 18.8 Å². The van der Waals surface area contributed by atoms with E-state index in [0.717, 1.165) is 19.6 Å². The van der Waals surface area contributed by atoms with Crippen molar-refractivity contribution >= 4 is 15.9 Å². The van der Waals surface area contributed by atoms with Gasteiger partial charge in [0.1, 0.15) is 5.75 Å². The lowest BCUT2D eigenvalue weighted by atomic mass is 10.2. The minimum Gasteiger partial charge on any atom is -0.497 e. The molecule has 0 spiro atoms. The SMILES string of the molecule is CCN(CC(=O)N1CCN(Cc2ccccc2)CC1)S(=O)(=O)c1ccc(OC)cc1. The molecule has 0 N–H and O–H groups in total. The zero-order valence-corrected chi connectivity index (χ0v) is 18.3. The van der Waals surface area contributed by atoms with Gasteiger partial charge in [0.25, 0.3) is 0 Å². The third-order valence-electron chi connectivity index (χ3n) is 5.34. The molecule has 0 unspecified atom stereocenters. The number of benzene rings is 2. The maximum atomic E-state index is 12.9. The molecule has 0 bridgehead atoms. The Morgan fingerprint density at radius 3 is 2.20 bits per heavy atom. The molecule has 0 aliphatic carbocycles. The van der Waals surface area contributed by atoms with E-state index in [1.54, 1.807) is 24.0 Å². The maximum absolute atomic E-state index is 12.9. The standard InChI is InChI=1S/C22H29N3O4S/c1-3-25(30(27,28)21-11-9-20(29-2)10-12-21)18-22(26)24-15-13-23(14-16-24)17-19-7-5-4-6-8-19/h4-12H,3,13-18H2,1-2H3. The summed E-state index contributed by atoms with van der Waals surface area (Å²) in [5.74, 6) is 0.426. The molecule has 2 aromatic carbocycles. The second-order valence-corrected chi connectivity index (χ2v) is 9.19. The lowest BCUT2D eigenvalue weighted by Gasteiger charge is -2.35. The third-order valence-corrected chi connectivity index (χ3v) is 7.27. The van der Waals surface area contributed by atoms with E-state index in [4.69, 9.17) is 4.74 Å². The van der Waals surface area contributed by atoms with Crippen LogP contribution in [0.5, 0.6) is 5.75 Å². The Hall–Kier alpha value is -2.42. The number of carbonyl (C=O) groups is 1. The Morgan fingerprint density at radius 1 is 1.00 bits per heavy atom. The Morgan fingerprint density at radius 2 is 1.63 bits per heavy atom. The molecule has 0 saturated carbocycles. The van der Waals surface area contributed by atoms with Crippen LogP contribution in [0.15, 0.2) is 59.5 Å². The number of sulfonamides is 1. The third kappa shape index (κ3) is 5.38. The van der Waals surface area contributed by atoms with Gasteiger partial charge >= 0.3 is 0 Å². The summed E-state index contributed by atoms with van der Waals surface area (Å²) in [6.45, 7) is 5.44. The van der Waals surface area contributed by atoms with Gasteiger partial charge in [0.05, 0.1) is 18.6 Å². The lowest BCUT2D eigenvalue weighted by molar-refractivity contribution is -0.133. The summed E-state index contributed by atoms with van der Waals surface area (Å²) in [6.07, 6.45) is 0. The van der Waals surface area contributed by atoms with Crippen molar-refractivity contribution in [1.29, 1.82) is 0 Å². The van der Waals surface area contributed by atoms with Gasteiger partial charge in [0, 0.05) is 39.3 Å². The molecule has 0 aromatic heterocycles. The van der Waals surface area contributed by atoms with Gasteiger partial charge in [-0.25, -0.2) is 8.42 Å². The zero-order chi connectivity index (χ0) is 21.6. The first kappa shape index (κ1) is 22.3. The van der Waals surface area contributed by atoms with Crippen molar-refractivity contribution in [3.8, 4) is 5.75 Å². The van der Waals surface area contributed by atoms with E-state index in [9.17, 15) is 13.2 Å². The predicted molar refractivity (Wildman–Crippen MR) is 116 cm³/mol. The molecular formula is C22H29N3O4S. The highest BCUT2D eigenvalue weighted by Gasteiger charge is 2.28. The highest BCUT2D eigenvalue weighted by atomic mass is 32.2. The number of carbonyl (C=O) groups excluding carboxylic acids is 1. The number of likely N-dealkylation sites (N-methyl/N-ethyl adjacent to an activating group) is 1. The summed E-state index contributed by atoms with van der Waals surface area (Å²) in [5.41, 5.74) is 1.25. The largest absolute Gasteiger partial charge is 0.497 e. The van der Waals surface area contributed by atoms with Gasteiger partial charge in [-0.1, -0.05) is 37.3 Å². The topological polar surface area (TPSA) is 70.2 Å². The van der Waals surface area contributed by atoms with E-state index >= 15 is 0 Å². The van der Waals surface area contributed by atoms with Crippen LogP contribution in [-0.4, -0.2) is 74.8 Å². The van der Waals surface area contributed by atoms with Crippen molar-refractivity contribution in [1.82, 2.24) is 14.1 Å². The Labute approximate surface area is 178 Å². The van der Waals surface area contributed by atoms with Crippen molar-refractivity contribution < 1.29 is 17.9 Å². The Kier molecular flexibility index (Phi) is 7.47. The van der Waals surface area contributed by atoms with Crippen LogP contribution in [0.2, 0.25) is 0 Å². The summed E-state index contributed by atoms with van der Waals surface area (Å²) in [6, 6.07) is 16.5. The van der Waals surface area contributed by atoms with Crippen LogP contribution < -0.4 is 4.74 Å². The van der Waals surface area contributed by atoms with Crippen molar-refractivity contribution in [3.63, 3.8) is 0 Å². The summed E-state index contributed by atoms with van der Waals surface area (Å²) in [5, 5.41) is 0. The molecule has 30 heavy (non-hydrogen) atoms. The molecule has 3 rings (SSSR count). The first-order chi connectivity index (χ1) is 14.4. The van der Waals surface area contributed by atoms with Gasteiger partial charge in [-0.15, -0.1) is 0 Å². The number of hydrogen-bond donors (Lipinski definition) is 0. The first-order valence-corrected chi connectivity index (χ1v) is 11.6. The molecule has 162 valence electrons. The number of methoxy groups -OCH3 is 1. The van der Waals surface area contributed by atoms with Gasteiger partial charge in [-0.2, -0.15) is 4.31 Å². The molecular weight excluding hydrogens is 402 g/mol. The normalized spacial score (nSPS) is 15.4. The van der Waals surface area contributed by atoms with Crippen LogP contribution in [0.4, 0.5) is 0 Å². The van der Waals surface area contributed by atoms with Crippen LogP contribution in [0.3, 0.4) is 0 Å². The van der Waals surface area contributed by atoms with Gasteiger partial charge in [0.2, 0.25) is 15.9 Å². The minimum atomic E-state index is -3.74. The molecule has 1 heterocycles. The molecule has 1 aliphatic heterocycles. The van der Waals surface area contributed by atoms with Gasteiger partial charge in [-0.3, -0.25) is 9.69 Å². The number of nitrogens with zero attached hydrogens (tertiary/aromatic N) is 3. The van der Waals surface area contributed by atoms with E-state index < -0.39 is 10.0 Å². The summed E-state index contributed by atoms with van der Waals surface area (Å²) >= 11 is 0. The molecule has 2 aromatic rings. The summed E-state index contributed by atoms with van der Waals surface area (Å²) < 4.78 is 32.2.